The Bertz CT molecular complexity index is 546. The van der Waals surface area contributed by atoms with Crippen LogP contribution in [0, 0.1) is 0 Å². The van der Waals surface area contributed by atoms with Crippen LogP contribution in [0.15, 0.2) is 11.6 Å². The van der Waals surface area contributed by atoms with E-state index in [1.165, 1.54) is 5.69 Å². The van der Waals surface area contributed by atoms with Crippen LogP contribution in [0.4, 0.5) is 5.82 Å². The summed E-state index contributed by atoms with van der Waals surface area (Å²) < 4.78 is 7.75. The molecule has 112 valence electrons. The third-order valence-electron chi connectivity index (χ3n) is 3.09. The van der Waals surface area contributed by atoms with Crippen molar-refractivity contribution in [2.45, 2.75) is 39.3 Å². The third kappa shape index (κ3) is 3.50. The van der Waals surface area contributed by atoms with Crippen molar-refractivity contribution in [3.05, 3.63) is 17.3 Å². The van der Waals surface area contributed by atoms with Gasteiger partial charge in [0, 0.05) is 37.6 Å². The van der Waals surface area contributed by atoms with Gasteiger partial charge in [0.1, 0.15) is 0 Å². The smallest absolute Gasteiger partial charge is 0.195 e. The van der Waals surface area contributed by atoms with Crippen molar-refractivity contribution >= 4 is 22.1 Å². The number of fused-ring (bicyclic) bond motifs is 1. The van der Waals surface area contributed by atoms with E-state index in [0.29, 0.717) is 6.61 Å². The third-order valence-corrected chi connectivity index (χ3v) is 3.85. The van der Waals surface area contributed by atoms with Crippen LogP contribution in [0.25, 0.3) is 4.96 Å². The fourth-order valence-electron chi connectivity index (χ4n) is 2.15. The fourth-order valence-corrected chi connectivity index (χ4v) is 2.88. The predicted octanol–water partition coefficient (Wildman–Crippen LogP) is 2.15. The number of thiazole rings is 1. The molecule has 0 aliphatic carbocycles. The Morgan fingerprint density at radius 3 is 2.85 bits per heavy atom. The van der Waals surface area contributed by atoms with Crippen molar-refractivity contribution in [2.24, 2.45) is 5.73 Å². The molecule has 0 saturated carbocycles. The fraction of sp³-hybridized carbons (Fsp3) is 0.643. The Kier molecular flexibility index (Phi) is 5.01. The molecule has 6 heteroatoms. The molecule has 2 aromatic rings. The number of nitrogens with zero attached hydrogens (tertiary/aromatic N) is 3. The summed E-state index contributed by atoms with van der Waals surface area (Å²) in [5.41, 5.74) is 7.15. The number of hydrogen-bond donors (Lipinski definition) is 1. The van der Waals surface area contributed by atoms with Crippen LogP contribution in [-0.2, 0) is 11.2 Å². The van der Waals surface area contributed by atoms with E-state index >= 15 is 0 Å². The molecule has 0 aliphatic rings. The van der Waals surface area contributed by atoms with E-state index in [1.54, 1.807) is 11.3 Å². The van der Waals surface area contributed by atoms with Gasteiger partial charge in [-0.2, -0.15) is 0 Å². The Labute approximate surface area is 124 Å². The topological polar surface area (TPSA) is 55.8 Å². The maximum atomic E-state index is 5.97. The molecule has 0 aromatic carbocycles. The van der Waals surface area contributed by atoms with Gasteiger partial charge >= 0.3 is 0 Å². The molecule has 0 fully saturated rings. The molecular formula is C14H24N4OS. The van der Waals surface area contributed by atoms with Crippen LogP contribution in [0.2, 0.25) is 0 Å². The van der Waals surface area contributed by atoms with Gasteiger partial charge in [-0.05, 0) is 20.8 Å². The second-order valence-corrected chi connectivity index (χ2v) is 6.33. The van der Waals surface area contributed by atoms with Crippen molar-refractivity contribution in [1.82, 2.24) is 9.38 Å². The van der Waals surface area contributed by atoms with E-state index in [0.717, 1.165) is 23.7 Å². The number of anilines is 1. The molecule has 0 bridgehead atoms. The zero-order valence-electron chi connectivity index (χ0n) is 12.7. The van der Waals surface area contributed by atoms with Gasteiger partial charge in [-0.25, -0.2) is 4.98 Å². The zero-order valence-corrected chi connectivity index (χ0v) is 13.5. The van der Waals surface area contributed by atoms with Crippen molar-refractivity contribution < 1.29 is 4.74 Å². The maximum Gasteiger partial charge on any atom is 0.195 e. The maximum absolute atomic E-state index is 5.97. The number of rotatable bonds is 7. The van der Waals surface area contributed by atoms with Crippen LogP contribution in [0.3, 0.4) is 0 Å². The van der Waals surface area contributed by atoms with Crippen LogP contribution in [0.1, 0.15) is 26.5 Å². The van der Waals surface area contributed by atoms with Gasteiger partial charge in [0.2, 0.25) is 0 Å². The first-order valence-electron chi connectivity index (χ1n) is 7.01. The van der Waals surface area contributed by atoms with Crippen LogP contribution < -0.4 is 10.6 Å². The summed E-state index contributed by atoms with van der Waals surface area (Å²) in [4.78, 5) is 7.89. The van der Waals surface area contributed by atoms with Gasteiger partial charge in [-0.15, -0.1) is 11.3 Å². The summed E-state index contributed by atoms with van der Waals surface area (Å²) in [7, 11) is 2.06. The van der Waals surface area contributed by atoms with E-state index in [-0.39, 0.29) is 12.1 Å². The first kappa shape index (κ1) is 15.3. The molecule has 2 N–H and O–H groups in total. The average Bonchev–Trinajstić information content (AvgIpc) is 2.90. The number of imidazole rings is 1. The minimum absolute atomic E-state index is 0.119. The minimum Gasteiger partial charge on any atom is -0.377 e. The average molecular weight is 296 g/mol. The molecule has 0 radical (unpaired) electrons. The molecule has 5 nitrogen and oxygen atoms in total. The Morgan fingerprint density at radius 1 is 1.45 bits per heavy atom. The number of nitrogens with two attached hydrogens (primary N) is 1. The van der Waals surface area contributed by atoms with Crippen molar-refractivity contribution in [1.29, 1.82) is 0 Å². The highest BCUT2D eigenvalue weighted by molar-refractivity contribution is 7.15. The number of likely N-dealkylation sites (N-methyl/N-ethyl adjacent to an activating group) is 1. The summed E-state index contributed by atoms with van der Waals surface area (Å²) in [6.45, 7) is 7.66. The first-order chi connectivity index (χ1) is 9.49. The quantitative estimate of drug-likeness (QED) is 0.850. The van der Waals surface area contributed by atoms with Crippen LogP contribution >= 0.6 is 11.3 Å². The first-order valence-corrected chi connectivity index (χ1v) is 7.89. The second kappa shape index (κ2) is 6.56. The lowest BCUT2D eigenvalue weighted by Crippen LogP contribution is -2.27. The SMILES string of the molecule is CC(N)Cc1c(N(C)CCOC(C)C)nc2sccn12. The zero-order chi connectivity index (χ0) is 14.7. The van der Waals surface area contributed by atoms with Gasteiger partial charge in [0.25, 0.3) is 0 Å². The molecule has 2 heterocycles. The molecule has 1 atom stereocenters. The normalized spacial score (nSPS) is 13.3. The predicted molar refractivity (Wildman–Crippen MR) is 84.8 cm³/mol. The van der Waals surface area contributed by atoms with Gasteiger partial charge in [0.05, 0.1) is 18.4 Å². The lowest BCUT2D eigenvalue weighted by Gasteiger charge is -2.19. The number of hydrogen-bond acceptors (Lipinski definition) is 5. The van der Waals surface area contributed by atoms with E-state index in [2.05, 4.69) is 27.9 Å². The number of ether oxygens (including phenoxy) is 1. The molecule has 0 amide bonds. The number of aromatic nitrogens is 2. The monoisotopic (exact) mass is 296 g/mol. The summed E-state index contributed by atoms with van der Waals surface area (Å²) in [6, 6.07) is 0.119. The largest absolute Gasteiger partial charge is 0.377 e. The van der Waals surface area contributed by atoms with E-state index < -0.39 is 0 Å². The molecule has 0 spiro atoms. The summed E-state index contributed by atoms with van der Waals surface area (Å²) in [6.07, 6.45) is 3.15. The van der Waals surface area contributed by atoms with Crippen LogP contribution in [0.5, 0.6) is 0 Å². The van der Waals surface area contributed by atoms with E-state index in [9.17, 15) is 0 Å². The van der Waals surface area contributed by atoms with E-state index in [4.69, 9.17) is 15.5 Å². The molecular weight excluding hydrogens is 272 g/mol. The standard InChI is InChI=1S/C14H24N4OS/c1-10(2)19-7-5-17(4)13-12(9-11(3)15)18-6-8-20-14(18)16-13/h6,8,10-11H,5,7,9,15H2,1-4H3. The van der Waals surface area contributed by atoms with Crippen molar-refractivity contribution in [2.75, 3.05) is 25.1 Å². The molecule has 1 unspecified atom stereocenters. The summed E-state index contributed by atoms with van der Waals surface area (Å²) in [5, 5.41) is 2.05. The summed E-state index contributed by atoms with van der Waals surface area (Å²) >= 11 is 1.65. The van der Waals surface area contributed by atoms with E-state index in [1.807, 2.05) is 20.8 Å². The highest BCUT2D eigenvalue weighted by Gasteiger charge is 2.17. The van der Waals surface area contributed by atoms with Crippen molar-refractivity contribution in [3.63, 3.8) is 0 Å². The lowest BCUT2D eigenvalue weighted by molar-refractivity contribution is 0.0845. The Morgan fingerprint density at radius 2 is 2.20 bits per heavy atom. The Hall–Kier alpha value is -1.11. The van der Waals surface area contributed by atoms with Crippen LogP contribution in [-0.4, -0.2) is 41.7 Å². The Balaban J connectivity index is 2.16. The van der Waals surface area contributed by atoms with Gasteiger partial charge in [0.15, 0.2) is 10.8 Å². The van der Waals surface area contributed by atoms with Gasteiger partial charge in [-0.3, -0.25) is 4.40 Å². The highest BCUT2D eigenvalue weighted by Crippen LogP contribution is 2.24. The van der Waals surface area contributed by atoms with Gasteiger partial charge in [-0.1, -0.05) is 0 Å². The molecule has 2 rings (SSSR count). The van der Waals surface area contributed by atoms with Gasteiger partial charge < -0.3 is 15.4 Å². The van der Waals surface area contributed by atoms with Crippen molar-refractivity contribution in [3.8, 4) is 0 Å². The molecule has 0 saturated heterocycles. The highest BCUT2D eigenvalue weighted by atomic mass is 32.1. The minimum atomic E-state index is 0.119. The molecule has 2 aromatic heterocycles. The summed E-state index contributed by atoms with van der Waals surface area (Å²) in [5.74, 6) is 1.02. The lowest BCUT2D eigenvalue weighted by atomic mass is 10.2. The molecule has 0 aliphatic heterocycles. The second-order valence-electron chi connectivity index (χ2n) is 5.46. The molecule has 20 heavy (non-hydrogen) atoms.